The first kappa shape index (κ1) is 10.3. The molecule has 3 heteroatoms. The van der Waals surface area contributed by atoms with Crippen molar-refractivity contribution < 1.29 is 10.0 Å². The fraction of sp³-hybridized carbons (Fsp3) is 0.700. The minimum absolute atomic E-state index is 0.439. The first-order chi connectivity index (χ1) is 6.24. The van der Waals surface area contributed by atoms with Crippen LogP contribution >= 0.6 is 0 Å². The van der Waals surface area contributed by atoms with Gasteiger partial charge in [-0.05, 0) is 12.3 Å². The van der Waals surface area contributed by atoms with E-state index in [9.17, 15) is 4.79 Å². The van der Waals surface area contributed by atoms with Gasteiger partial charge in [0.25, 0.3) is 5.91 Å². The van der Waals surface area contributed by atoms with Crippen LogP contribution in [0.4, 0.5) is 0 Å². The lowest BCUT2D eigenvalue weighted by Crippen LogP contribution is -2.22. The third-order valence-electron chi connectivity index (χ3n) is 2.68. The zero-order valence-corrected chi connectivity index (χ0v) is 7.88. The van der Waals surface area contributed by atoms with E-state index in [1.54, 1.807) is 5.48 Å². The molecule has 0 heterocycles. The van der Waals surface area contributed by atoms with Crippen molar-refractivity contribution in [3.8, 4) is 0 Å². The Balaban J connectivity index is 2.30. The van der Waals surface area contributed by atoms with E-state index >= 15 is 0 Å². The first-order valence-corrected chi connectivity index (χ1v) is 4.86. The van der Waals surface area contributed by atoms with Crippen molar-refractivity contribution in [2.45, 2.75) is 38.5 Å². The third-order valence-corrected chi connectivity index (χ3v) is 2.68. The van der Waals surface area contributed by atoms with Gasteiger partial charge in [0.15, 0.2) is 0 Å². The first-order valence-electron chi connectivity index (χ1n) is 4.86. The van der Waals surface area contributed by atoms with Crippen molar-refractivity contribution in [2.24, 2.45) is 5.92 Å². The molecule has 0 bridgehead atoms. The lowest BCUT2D eigenvalue weighted by Gasteiger charge is -2.21. The minimum atomic E-state index is -0.439. The summed E-state index contributed by atoms with van der Waals surface area (Å²) in [7, 11) is 0. The molecule has 0 spiro atoms. The largest absolute Gasteiger partial charge is 0.288 e. The van der Waals surface area contributed by atoms with Gasteiger partial charge in [-0.3, -0.25) is 10.0 Å². The molecule has 74 valence electrons. The lowest BCUT2D eigenvalue weighted by atomic mass is 9.85. The summed E-state index contributed by atoms with van der Waals surface area (Å²) >= 11 is 0. The highest BCUT2D eigenvalue weighted by Gasteiger charge is 2.16. The molecule has 0 unspecified atom stereocenters. The van der Waals surface area contributed by atoms with E-state index in [1.807, 2.05) is 0 Å². The van der Waals surface area contributed by atoms with Crippen LogP contribution in [0.5, 0.6) is 0 Å². The van der Waals surface area contributed by atoms with E-state index in [-0.39, 0.29) is 0 Å². The van der Waals surface area contributed by atoms with Gasteiger partial charge < -0.3 is 0 Å². The summed E-state index contributed by atoms with van der Waals surface area (Å²) in [5.74, 6) is 0.157. The molecule has 1 amide bonds. The van der Waals surface area contributed by atoms with E-state index in [2.05, 4.69) is 6.58 Å². The molecular weight excluding hydrogens is 166 g/mol. The van der Waals surface area contributed by atoms with Crippen molar-refractivity contribution in [1.29, 1.82) is 0 Å². The van der Waals surface area contributed by atoms with Gasteiger partial charge in [0.1, 0.15) is 0 Å². The summed E-state index contributed by atoms with van der Waals surface area (Å²) < 4.78 is 0. The SMILES string of the molecule is C=C(CC1CCCCC1)C(=O)NO. The zero-order valence-electron chi connectivity index (χ0n) is 7.88. The van der Waals surface area contributed by atoms with Crippen LogP contribution in [0.3, 0.4) is 0 Å². The van der Waals surface area contributed by atoms with E-state index in [4.69, 9.17) is 5.21 Å². The lowest BCUT2D eigenvalue weighted by molar-refractivity contribution is -0.125. The van der Waals surface area contributed by atoms with Gasteiger partial charge >= 0.3 is 0 Å². The van der Waals surface area contributed by atoms with E-state index < -0.39 is 5.91 Å². The number of rotatable bonds is 3. The van der Waals surface area contributed by atoms with E-state index in [1.165, 1.54) is 32.1 Å². The summed E-state index contributed by atoms with van der Waals surface area (Å²) in [5, 5.41) is 8.37. The van der Waals surface area contributed by atoms with Crippen LogP contribution in [0.2, 0.25) is 0 Å². The zero-order chi connectivity index (χ0) is 9.68. The Bertz CT molecular complexity index is 195. The van der Waals surface area contributed by atoms with Gasteiger partial charge in [-0.15, -0.1) is 0 Å². The minimum Gasteiger partial charge on any atom is -0.288 e. The molecule has 0 aromatic rings. The topological polar surface area (TPSA) is 49.3 Å². The molecule has 0 radical (unpaired) electrons. The normalized spacial score (nSPS) is 18.2. The Hall–Kier alpha value is -0.830. The molecule has 2 N–H and O–H groups in total. The van der Waals surface area contributed by atoms with Gasteiger partial charge in [0, 0.05) is 5.57 Å². The average Bonchev–Trinajstić information content (AvgIpc) is 2.18. The maximum atomic E-state index is 10.9. The number of hydroxylamine groups is 1. The van der Waals surface area contributed by atoms with Crippen molar-refractivity contribution in [1.82, 2.24) is 5.48 Å². The highest BCUT2D eigenvalue weighted by Crippen LogP contribution is 2.28. The summed E-state index contributed by atoms with van der Waals surface area (Å²) in [6, 6.07) is 0. The van der Waals surface area contributed by atoms with Gasteiger partial charge in [0.2, 0.25) is 0 Å². The molecule has 1 rings (SSSR count). The fourth-order valence-electron chi connectivity index (χ4n) is 1.91. The van der Waals surface area contributed by atoms with E-state index in [0.29, 0.717) is 11.5 Å². The average molecular weight is 183 g/mol. The Kier molecular flexibility index (Phi) is 3.96. The molecule has 1 fully saturated rings. The second-order valence-corrected chi connectivity index (χ2v) is 3.75. The Morgan fingerprint density at radius 2 is 2.00 bits per heavy atom. The van der Waals surface area contributed by atoms with E-state index in [0.717, 1.165) is 6.42 Å². The van der Waals surface area contributed by atoms with Gasteiger partial charge in [-0.25, -0.2) is 5.48 Å². The summed E-state index contributed by atoms with van der Waals surface area (Å²) in [4.78, 5) is 10.9. The molecule has 0 saturated heterocycles. The smallest absolute Gasteiger partial charge is 0.269 e. The standard InChI is InChI=1S/C10H17NO2/c1-8(10(12)11-13)7-9-5-3-2-4-6-9/h9,13H,1-7H2,(H,11,12). The Labute approximate surface area is 78.8 Å². The van der Waals surface area contributed by atoms with Crippen LogP contribution in [0.1, 0.15) is 38.5 Å². The molecule has 0 aliphatic heterocycles. The maximum Gasteiger partial charge on any atom is 0.269 e. The van der Waals surface area contributed by atoms with Crippen LogP contribution in [-0.4, -0.2) is 11.1 Å². The highest BCUT2D eigenvalue weighted by atomic mass is 16.5. The van der Waals surface area contributed by atoms with Gasteiger partial charge in [0.05, 0.1) is 0 Å². The fourth-order valence-corrected chi connectivity index (χ4v) is 1.91. The molecule has 1 aliphatic rings. The van der Waals surface area contributed by atoms with Crippen LogP contribution in [0, 0.1) is 5.92 Å². The number of hydrogen-bond donors (Lipinski definition) is 2. The Morgan fingerprint density at radius 3 is 2.54 bits per heavy atom. The molecule has 13 heavy (non-hydrogen) atoms. The maximum absolute atomic E-state index is 10.9. The molecule has 1 aliphatic carbocycles. The number of hydrogen-bond acceptors (Lipinski definition) is 2. The van der Waals surface area contributed by atoms with Crippen molar-refractivity contribution >= 4 is 5.91 Å². The van der Waals surface area contributed by atoms with Crippen LogP contribution in [0.25, 0.3) is 0 Å². The molecule has 1 saturated carbocycles. The summed E-state index contributed by atoms with van der Waals surface area (Å²) in [5.41, 5.74) is 2.11. The second kappa shape index (κ2) is 5.02. The monoisotopic (exact) mass is 183 g/mol. The third kappa shape index (κ3) is 3.19. The van der Waals surface area contributed by atoms with Gasteiger partial charge in [-0.1, -0.05) is 38.7 Å². The van der Waals surface area contributed by atoms with Crippen molar-refractivity contribution in [3.05, 3.63) is 12.2 Å². The van der Waals surface area contributed by atoms with Crippen LogP contribution in [-0.2, 0) is 4.79 Å². The predicted octanol–water partition coefficient (Wildman–Crippen LogP) is 2.02. The number of amides is 1. The highest BCUT2D eigenvalue weighted by molar-refractivity contribution is 5.91. The predicted molar refractivity (Wildman–Crippen MR) is 50.3 cm³/mol. The molecule has 3 nitrogen and oxygen atoms in total. The molecule has 0 aromatic heterocycles. The van der Waals surface area contributed by atoms with Crippen LogP contribution in [0.15, 0.2) is 12.2 Å². The van der Waals surface area contributed by atoms with Crippen LogP contribution < -0.4 is 5.48 Å². The molecule has 0 aromatic carbocycles. The summed E-state index contributed by atoms with van der Waals surface area (Å²) in [6.45, 7) is 3.65. The number of nitrogens with one attached hydrogen (secondary N) is 1. The number of carbonyl (C=O) groups is 1. The molecule has 0 atom stereocenters. The number of carbonyl (C=O) groups excluding carboxylic acids is 1. The quantitative estimate of drug-likeness (QED) is 0.399. The van der Waals surface area contributed by atoms with Crippen molar-refractivity contribution in [3.63, 3.8) is 0 Å². The van der Waals surface area contributed by atoms with Gasteiger partial charge in [-0.2, -0.15) is 0 Å². The summed E-state index contributed by atoms with van der Waals surface area (Å²) in [6.07, 6.45) is 6.95. The van der Waals surface area contributed by atoms with Crippen molar-refractivity contribution in [2.75, 3.05) is 0 Å². The molecular formula is C10H17NO2. The Morgan fingerprint density at radius 1 is 1.38 bits per heavy atom. The second-order valence-electron chi connectivity index (χ2n) is 3.75.